The fourth-order valence-corrected chi connectivity index (χ4v) is 4.51. The molecule has 31 heavy (non-hydrogen) atoms. The summed E-state index contributed by atoms with van der Waals surface area (Å²) >= 11 is 1.54. The van der Waals surface area contributed by atoms with Gasteiger partial charge in [0, 0.05) is 16.8 Å². The molecule has 0 saturated heterocycles. The van der Waals surface area contributed by atoms with Crippen molar-refractivity contribution in [2.24, 2.45) is 5.73 Å². The van der Waals surface area contributed by atoms with Gasteiger partial charge in [-0.25, -0.2) is 4.98 Å². The van der Waals surface area contributed by atoms with E-state index in [0.29, 0.717) is 5.82 Å². The van der Waals surface area contributed by atoms with Crippen LogP contribution in [0.5, 0.6) is 0 Å². The number of hydrogen-bond donors (Lipinski definition) is 2. The van der Waals surface area contributed by atoms with Gasteiger partial charge in [0.15, 0.2) is 0 Å². The molecule has 2 aromatic carbocycles. The minimum atomic E-state index is -1.09. The van der Waals surface area contributed by atoms with Gasteiger partial charge in [-0.3, -0.25) is 19.0 Å². The van der Waals surface area contributed by atoms with E-state index in [9.17, 15) is 14.4 Å². The molecule has 7 nitrogen and oxygen atoms in total. The highest BCUT2D eigenvalue weighted by Crippen LogP contribution is 2.27. The van der Waals surface area contributed by atoms with Gasteiger partial charge in [0.25, 0.3) is 11.8 Å². The van der Waals surface area contributed by atoms with Crippen LogP contribution in [-0.2, 0) is 16.0 Å². The van der Waals surface area contributed by atoms with Gasteiger partial charge in [-0.05, 0) is 41.5 Å². The standard InChI is InChI=1S/C23H20N4O3S/c1-14-25-12-19(27(14)16-7-3-2-4-8-16)23(30)26-18(21(28)22(24)29)11-15-13-31-20-10-6-5-9-17(15)20/h2-10,12-13,18H,11H2,1H3,(H2,24,29)(H,26,30). The normalized spacial score (nSPS) is 11.9. The van der Waals surface area contributed by atoms with Gasteiger partial charge in [-0.2, -0.15) is 0 Å². The smallest absolute Gasteiger partial charge is 0.287 e. The molecule has 0 bridgehead atoms. The third-order valence-corrected chi connectivity index (χ3v) is 6.05. The van der Waals surface area contributed by atoms with Crippen LogP contribution in [0.2, 0.25) is 0 Å². The summed E-state index contributed by atoms with van der Waals surface area (Å²) in [6.45, 7) is 1.79. The van der Waals surface area contributed by atoms with Crippen LogP contribution in [0.4, 0.5) is 0 Å². The van der Waals surface area contributed by atoms with E-state index >= 15 is 0 Å². The molecule has 2 aromatic heterocycles. The van der Waals surface area contributed by atoms with Gasteiger partial charge in [0.05, 0.1) is 6.20 Å². The van der Waals surface area contributed by atoms with Crippen molar-refractivity contribution in [2.75, 3.05) is 0 Å². The zero-order valence-corrected chi connectivity index (χ0v) is 17.6. The van der Waals surface area contributed by atoms with Gasteiger partial charge in [-0.1, -0.05) is 36.4 Å². The molecule has 0 aliphatic carbocycles. The van der Waals surface area contributed by atoms with Gasteiger partial charge in [0.1, 0.15) is 17.6 Å². The Kier molecular flexibility index (Phi) is 5.64. The van der Waals surface area contributed by atoms with Crippen molar-refractivity contribution in [3.63, 3.8) is 0 Å². The van der Waals surface area contributed by atoms with Crippen molar-refractivity contribution in [1.82, 2.24) is 14.9 Å². The fraction of sp³-hybridized carbons (Fsp3) is 0.130. The van der Waals surface area contributed by atoms with Crippen molar-refractivity contribution in [2.45, 2.75) is 19.4 Å². The van der Waals surface area contributed by atoms with Crippen molar-refractivity contribution < 1.29 is 14.4 Å². The lowest BCUT2D eigenvalue weighted by Crippen LogP contribution is -2.47. The summed E-state index contributed by atoms with van der Waals surface area (Å²) in [6, 6.07) is 16.0. The maximum atomic E-state index is 13.1. The summed E-state index contributed by atoms with van der Waals surface area (Å²) < 4.78 is 2.76. The van der Waals surface area contributed by atoms with Crippen LogP contribution >= 0.6 is 11.3 Å². The summed E-state index contributed by atoms with van der Waals surface area (Å²) in [6.07, 6.45) is 1.61. The van der Waals surface area contributed by atoms with Crippen LogP contribution in [0.25, 0.3) is 15.8 Å². The second kappa shape index (κ2) is 8.53. The Morgan fingerprint density at radius 3 is 2.55 bits per heavy atom. The average molecular weight is 433 g/mol. The minimum absolute atomic E-state index is 0.163. The number of primary amides is 1. The van der Waals surface area contributed by atoms with E-state index in [1.54, 1.807) is 22.8 Å². The third kappa shape index (κ3) is 4.10. The molecule has 0 fully saturated rings. The molecular formula is C23H20N4O3S. The van der Waals surface area contributed by atoms with Gasteiger partial charge in [0.2, 0.25) is 5.78 Å². The molecule has 156 valence electrons. The highest BCUT2D eigenvalue weighted by Gasteiger charge is 2.28. The van der Waals surface area contributed by atoms with Crippen LogP contribution in [0.3, 0.4) is 0 Å². The Morgan fingerprint density at radius 1 is 1.10 bits per heavy atom. The van der Waals surface area contributed by atoms with Crippen LogP contribution < -0.4 is 11.1 Å². The van der Waals surface area contributed by atoms with Crippen LogP contribution in [-0.4, -0.2) is 33.2 Å². The van der Waals surface area contributed by atoms with E-state index in [4.69, 9.17) is 5.73 Å². The highest BCUT2D eigenvalue weighted by molar-refractivity contribution is 7.17. The number of carbonyl (C=O) groups is 3. The number of aromatic nitrogens is 2. The van der Waals surface area contributed by atoms with Crippen molar-refractivity contribution >= 4 is 39.0 Å². The lowest BCUT2D eigenvalue weighted by Gasteiger charge is -2.17. The first-order valence-corrected chi connectivity index (χ1v) is 10.5. The number of amides is 2. The first-order chi connectivity index (χ1) is 15.0. The van der Waals surface area contributed by atoms with Crippen molar-refractivity contribution in [3.8, 4) is 5.69 Å². The van der Waals surface area contributed by atoms with E-state index in [1.165, 1.54) is 6.20 Å². The predicted molar refractivity (Wildman–Crippen MR) is 119 cm³/mol. The number of nitrogens with one attached hydrogen (secondary N) is 1. The average Bonchev–Trinajstić information content (AvgIpc) is 3.37. The zero-order chi connectivity index (χ0) is 22.0. The lowest BCUT2D eigenvalue weighted by atomic mass is 10.0. The van der Waals surface area contributed by atoms with Gasteiger partial charge < -0.3 is 11.1 Å². The monoisotopic (exact) mass is 432 g/mol. The number of rotatable bonds is 7. The Hall–Kier alpha value is -3.78. The molecule has 2 heterocycles. The zero-order valence-electron chi connectivity index (χ0n) is 16.7. The van der Waals surface area contributed by atoms with Gasteiger partial charge in [-0.15, -0.1) is 11.3 Å². The molecule has 1 unspecified atom stereocenters. The molecule has 0 spiro atoms. The number of aryl methyl sites for hydroxylation is 1. The maximum absolute atomic E-state index is 13.1. The molecule has 4 rings (SSSR count). The number of hydrogen-bond acceptors (Lipinski definition) is 5. The summed E-state index contributed by atoms with van der Waals surface area (Å²) in [4.78, 5) is 41.5. The van der Waals surface area contributed by atoms with E-state index in [-0.39, 0.29) is 12.1 Å². The van der Waals surface area contributed by atoms with Crippen LogP contribution in [0, 0.1) is 6.92 Å². The Balaban J connectivity index is 1.65. The quantitative estimate of drug-likeness (QED) is 0.438. The number of carbonyl (C=O) groups excluding carboxylic acids is 3. The topological polar surface area (TPSA) is 107 Å². The number of thiophene rings is 1. The van der Waals surface area contributed by atoms with Crippen molar-refractivity contribution in [3.05, 3.63) is 83.3 Å². The number of Topliss-reactive ketones (excluding diaryl/α,β-unsaturated/α-hetero) is 1. The Morgan fingerprint density at radius 2 is 1.81 bits per heavy atom. The molecule has 2 amide bonds. The van der Waals surface area contributed by atoms with E-state index in [0.717, 1.165) is 21.3 Å². The highest BCUT2D eigenvalue weighted by atomic mass is 32.1. The largest absolute Gasteiger partial charge is 0.363 e. The summed E-state index contributed by atoms with van der Waals surface area (Å²) in [5.74, 6) is -1.81. The van der Waals surface area contributed by atoms with Gasteiger partial charge >= 0.3 is 0 Å². The summed E-state index contributed by atoms with van der Waals surface area (Å²) in [5, 5.41) is 5.60. The molecule has 3 N–H and O–H groups in total. The SMILES string of the molecule is Cc1ncc(C(=O)NC(Cc2csc3ccccc23)C(=O)C(N)=O)n1-c1ccccc1. The second-order valence-corrected chi connectivity index (χ2v) is 7.99. The van der Waals surface area contributed by atoms with Crippen LogP contribution in [0.15, 0.2) is 66.2 Å². The van der Waals surface area contributed by atoms with E-state index < -0.39 is 23.6 Å². The molecule has 0 saturated carbocycles. The number of benzene rings is 2. The fourth-order valence-electron chi connectivity index (χ4n) is 3.53. The van der Waals surface area contributed by atoms with Crippen molar-refractivity contribution in [1.29, 1.82) is 0 Å². The number of nitrogens with two attached hydrogens (primary N) is 1. The lowest BCUT2D eigenvalue weighted by molar-refractivity contribution is -0.137. The molecule has 0 aliphatic heterocycles. The van der Waals surface area contributed by atoms with E-state index in [1.807, 2.05) is 60.0 Å². The first kappa shape index (κ1) is 20.5. The summed E-state index contributed by atoms with van der Waals surface area (Å²) in [5.41, 5.74) is 7.16. The van der Waals surface area contributed by atoms with Crippen LogP contribution in [0.1, 0.15) is 21.9 Å². The Labute approximate surface area is 182 Å². The first-order valence-electron chi connectivity index (χ1n) is 9.65. The molecule has 8 heteroatoms. The molecular weight excluding hydrogens is 412 g/mol. The number of ketones is 1. The number of imidazole rings is 1. The molecule has 4 aromatic rings. The number of nitrogens with zero attached hydrogens (tertiary/aromatic N) is 2. The number of para-hydroxylation sites is 1. The Bertz CT molecular complexity index is 1280. The molecule has 1 atom stereocenters. The third-order valence-electron chi connectivity index (χ3n) is 5.04. The van der Waals surface area contributed by atoms with E-state index in [2.05, 4.69) is 10.3 Å². The predicted octanol–water partition coefficient (Wildman–Crippen LogP) is 2.79. The molecule has 0 aliphatic rings. The molecule has 0 radical (unpaired) electrons. The minimum Gasteiger partial charge on any atom is -0.363 e. The summed E-state index contributed by atoms with van der Waals surface area (Å²) in [7, 11) is 0. The number of fused-ring (bicyclic) bond motifs is 1. The second-order valence-electron chi connectivity index (χ2n) is 7.08. The maximum Gasteiger partial charge on any atom is 0.287 e.